The fourth-order valence-corrected chi connectivity index (χ4v) is 4.59. The molecular formula is C22H20N4O4S2. The number of carbonyl (C=O) groups is 2. The molecule has 1 aromatic carbocycles. The van der Waals surface area contributed by atoms with Crippen LogP contribution in [0.3, 0.4) is 0 Å². The Morgan fingerprint density at radius 3 is 2.78 bits per heavy atom. The minimum absolute atomic E-state index is 0.0975. The van der Waals surface area contributed by atoms with Gasteiger partial charge in [0, 0.05) is 23.3 Å². The normalized spacial score (nSPS) is 13.6. The average Bonchev–Trinajstić information content (AvgIpc) is 3.45. The van der Waals surface area contributed by atoms with E-state index < -0.39 is 5.97 Å². The smallest absolute Gasteiger partial charge is 0.337 e. The molecule has 0 bridgehead atoms. The van der Waals surface area contributed by atoms with Crippen LogP contribution >= 0.6 is 23.1 Å². The summed E-state index contributed by atoms with van der Waals surface area (Å²) in [5, 5.41) is 14.8. The van der Waals surface area contributed by atoms with E-state index in [2.05, 4.69) is 15.3 Å². The molecule has 0 spiro atoms. The van der Waals surface area contributed by atoms with Crippen molar-refractivity contribution >= 4 is 40.7 Å². The third-order valence-electron chi connectivity index (χ3n) is 4.69. The molecule has 0 fully saturated rings. The molecule has 0 saturated heterocycles. The van der Waals surface area contributed by atoms with Gasteiger partial charge in [0.15, 0.2) is 5.16 Å². The summed E-state index contributed by atoms with van der Waals surface area (Å²) in [6, 6.07) is 13.3. The number of β-amino-alcohol motifs (C(OH)–C–C–N with tert-alkyl or cyclic N) is 1. The third-order valence-corrected chi connectivity index (χ3v) is 6.47. The van der Waals surface area contributed by atoms with E-state index in [9.17, 15) is 9.59 Å². The highest BCUT2D eigenvalue weighted by Gasteiger charge is 2.34. The number of ether oxygens (including phenoxy) is 1. The number of carbonyl (C=O) groups excluding carboxylic acids is 2. The number of nitrogens with zero attached hydrogens (tertiary/aromatic N) is 3. The zero-order chi connectivity index (χ0) is 22.5. The number of esters is 1. The number of hydrogen-bond acceptors (Lipinski definition) is 9. The molecule has 4 rings (SSSR count). The lowest BCUT2D eigenvalue weighted by atomic mass is 10.2. The number of hydrogen-bond donors (Lipinski definition) is 2. The molecule has 10 heteroatoms. The van der Waals surface area contributed by atoms with E-state index in [0.29, 0.717) is 10.8 Å². The molecule has 32 heavy (non-hydrogen) atoms. The van der Waals surface area contributed by atoms with Crippen LogP contribution in [0.5, 0.6) is 0 Å². The summed E-state index contributed by atoms with van der Waals surface area (Å²) in [6.45, 7) is 0.0556. The second-order valence-electron chi connectivity index (χ2n) is 6.75. The lowest BCUT2D eigenvalue weighted by molar-refractivity contribution is -0.136. The van der Waals surface area contributed by atoms with Crippen LogP contribution in [0.1, 0.15) is 0 Å². The van der Waals surface area contributed by atoms with E-state index in [4.69, 9.17) is 9.84 Å². The van der Waals surface area contributed by atoms with Crippen LogP contribution in [0.15, 0.2) is 75.4 Å². The molecule has 1 aliphatic heterocycles. The number of rotatable bonds is 8. The number of amides is 1. The molecule has 1 amide bonds. The summed E-state index contributed by atoms with van der Waals surface area (Å²) in [7, 11) is 1.27. The molecule has 3 aromatic rings. The first-order valence-electron chi connectivity index (χ1n) is 9.72. The predicted octanol–water partition coefficient (Wildman–Crippen LogP) is 3.03. The molecule has 8 nitrogen and oxygen atoms in total. The van der Waals surface area contributed by atoms with E-state index >= 15 is 0 Å². The van der Waals surface area contributed by atoms with Gasteiger partial charge in [0.05, 0.1) is 36.4 Å². The molecular weight excluding hydrogens is 448 g/mol. The molecule has 1 aliphatic rings. The van der Waals surface area contributed by atoms with Crippen LogP contribution < -0.4 is 5.32 Å². The van der Waals surface area contributed by atoms with Gasteiger partial charge in [-0.2, -0.15) is 0 Å². The highest BCUT2D eigenvalue weighted by Crippen LogP contribution is 2.30. The topological polar surface area (TPSA) is 105 Å². The highest BCUT2D eigenvalue weighted by molar-refractivity contribution is 7.99. The van der Waals surface area contributed by atoms with Gasteiger partial charge in [-0.25, -0.2) is 14.8 Å². The maximum atomic E-state index is 12.6. The molecule has 0 atom stereocenters. The van der Waals surface area contributed by atoms with Crippen molar-refractivity contribution in [2.45, 2.75) is 10.1 Å². The van der Waals surface area contributed by atoms with Crippen molar-refractivity contribution in [3.05, 3.63) is 65.3 Å². The quantitative estimate of drug-likeness (QED) is 0.384. The maximum absolute atomic E-state index is 12.6. The summed E-state index contributed by atoms with van der Waals surface area (Å²) < 4.78 is 4.80. The first-order chi connectivity index (χ1) is 15.6. The van der Waals surface area contributed by atoms with Crippen LogP contribution in [0.4, 0.5) is 5.69 Å². The molecule has 164 valence electrons. The summed E-state index contributed by atoms with van der Waals surface area (Å²) >= 11 is 3.06. The highest BCUT2D eigenvalue weighted by atomic mass is 32.2. The molecule has 2 aromatic heterocycles. The number of aromatic nitrogens is 2. The Balaban J connectivity index is 1.48. The summed E-state index contributed by atoms with van der Waals surface area (Å²) in [4.78, 5) is 37.1. The first-order valence-corrected chi connectivity index (χ1v) is 11.4. The lowest BCUT2D eigenvalue weighted by Gasteiger charge is -2.15. The monoisotopic (exact) mass is 468 g/mol. The van der Waals surface area contributed by atoms with Crippen LogP contribution in [0.25, 0.3) is 10.6 Å². The number of aliphatic hydroxyl groups is 1. The zero-order valence-electron chi connectivity index (χ0n) is 17.1. The van der Waals surface area contributed by atoms with Crippen molar-refractivity contribution in [1.29, 1.82) is 0 Å². The average molecular weight is 469 g/mol. The van der Waals surface area contributed by atoms with Crippen molar-refractivity contribution < 1.29 is 19.4 Å². The van der Waals surface area contributed by atoms with Gasteiger partial charge >= 0.3 is 5.97 Å². The van der Waals surface area contributed by atoms with Gasteiger partial charge in [-0.3, -0.25) is 4.79 Å². The van der Waals surface area contributed by atoms with Gasteiger partial charge in [0.1, 0.15) is 5.70 Å². The second kappa shape index (κ2) is 9.94. The van der Waals surface area contributed by atoms with Gasteiger partial charge in [-0.1, -0.05) is 6.07 Å². The number of nitrogens with one attached hydrogen (secondary N) is 1. The summed E-state index contributed by atoms with van der Waals surface area (Å²) in [5.74, 6) is -0.923. The minimum Gasteiger partial charge on any atom is -0.466 e. The first kappa shape index (κ1) is 22.0. The Bertz CT molecular complexity index is 1150. The number of aliphatic hydroxyl groups excluding tert-OH is 1. The minimum atomic E-state index is -0.573. The molecule has 2 N–H and O–H groups in total. The van der Waals surface area contributed by atoms with E-state index in [1.807, 2.05) is 47.8 Å². The van der Waals surface area contributed by atoms with Gasteiger partial charge < -0.3 is 20.1 Å². The number of benzene rings is 1. The van der Waals surface area contributed by atoms with E-state index in [-0.39, 0.29) is 36.9 Å². The van der Waals surface area contributed by atoms with E-state index in [1.54, 1.807) is 17.5 Å². The number of methoxy groups -OCH3 is 1. The van der Waals surface area contributed by atoms with Gasteiger partial charge in [-0.05, 0) is 53.5 Å². The lowest BCUT2D eigenvalue weighted by Crippen LogP contribution is -2.31. The van der Waals surface area contributed by atoms with Crippen molar-refractivity contribution in [3.8, 4) is 10.6 Å². The van der Waals surface area contributed by atoms with Crippen molar-refractivity contribution in [3.63, 3.8) is 0 Å². The SMILES string of the molecule is COC(=O)C1=C(Nc2ccc(Sc3nccc(-c4cccs4)n3)cc2)C(=O)N(CCO)C1. The molecule has 0 unspecified atom stereocenters. The van der Waals surface area contributed by atoms with Crippen molar-refractivity contribution in [2.24, 2.45) is 0 Å². The predicted molar refractivity (Wildman–Crippen MR) is 122 cm³/mol. The Hall–Kier alpha value is -3.21. The molecule has 0 radical (unpaired) electrons. The molecule has 0 aliphatic carbocycles. The van der Waals surface area contributed by atoms with E-state index in [1.165, 1.54) is 23.8 Å². The fourth-order valence-electron chi connectivity index (χ4n) is 3.16. The third kappa shape index (κ3) is 4.82. The molecule has 3 heterocycles. The second-order valence-corrected chi connectivity index (χ2v) is 8.74. The number of thiophene rings is 1. The summed E-state index contributed by atoms with van der Waals surface area (Å²) in [5.41, 5.74) is 1.93. The van der Waals surface area contributed by atoms with Gasteiger partial charge in [0.2, 0.25) is 0 Å². The van der Waals surface area contributed by atoms with E-state index in [0.717, 1.165) is 15.5 Å². The fraction of sp³-hybridized carbons (Fsp3) is 0.182. The van der Waals surface area contributed by atoms with Gasteiger partial charge in [0.25, 0.3) is 5.91 Å². The van der Waals surface area contributed by atoms with Crippen molar-refractivity contribution in [1.82, 2.24) is 14.9 Å². The van der Waals surface area contributed by atoms with Crippen LogP contribution in [0.2, 0.25) is 0 Å². The Morgan fingerprint density at radius 1 is 1.28 bits per heavy atom. The standard InChI is InChI=1S/C22H20N4O4S2/c1-30-21(29)16-13-26(10-11-27)20(28)19(16)24-14-4-6-15(7-5-14)32-22-23-9-8-17(25-22)18-3-2-12-31-18/h2-9,12,24,27H,10-11,13H2,1H3. The largest absolute Gasteiger partial charge is 0.466 e. The zero-order valence-corrected chi connectivity index (χ0v) is 18.8. The van der Waals surface area contributed by atoms with Crippen LogP contribution in [-0.4, -0.2) is 58.7 Å². The molecule has 0 saturated carbocycles. The Kier molecular flexibility index (Phi) is 6.84. The van der Waals surface area contributed by atoms with Crippen LogP contribution in [-0.2, 0) is 14.3 Å². The summed E-state index contributed by atoms with van der Waals surface area (Å²) in [6.07, 6.45) is 1.74. The maximum Gasteiger partial charge on any atom is 0.337 e. The number of anilines is 1. The van der Waals surface area contributed by atoms with Gasteiger partial charge in [-0.15, -0.1) is 11.3 Å². The Morgan fingerprint density at radius 2 is 2.09 bits per heavy atom. The van der Waals surface area contributed by atoms with Crippen LogP contribution in [0, 0.1) is 0 Å². The van der Waals surface area contributed by atoms with Crippen molar-refractivity contribution in [2.75, 3.05) is 32.1 Å². The Labute approximate surface area is 193 Å².